The van der Waals surface area contributed by atoms with Gasteiger partial charge in [-0.15, -0.1) is 0 Å². The Hall–Kier alpha value is -7.56. The third-order valence-corrected chi connectivity index (χ3v) is 13.6. The van der Waals surface area contributed by atoms with Crippen LogP contribution < -0.4 is 53.4 Å². The highest BCUT2D eigenvalue weighted by molar-refractivity contribution is 5.98. The SMILES string of the molecule is CC[C@H](C)[C@H](NC(=O)[C@H](Cc1ccc(OC)cc1)NC(=O)[C@@H](NC(=O)[C@H](CCCN=C(N)N)NC(=O)[C@@H]1CCCN1)C(C)C)C(=O)N[C@@H](Cc1cnc[nH]1)C(=O)N1CCC[C@@H]1C(=O)N[C@@H](Cc1ccccc1)C(=O)O. The van der Waals surface area contributed by atoms with Crippen LogP contribution in [0.4, 0.5) is 0 Å². The number of aromatic amines is 1. The Balaban J connectivity index is 1.36. The number of ether oxygens (including phenoxy) is 1. The molecule has 5 rings (SSSR count). The van der Waals surface area contributed by atoms with Crippen molar-refractivity contribution in [3.05, 3.63) is 83.9 Å². The van der Waals surface area contributed by atoms with Crippen LogP contribution in [0.15, 0.2) is 72.1 Å². The van der Waals surface area contributed by atoms with Gasteiger partial charge in [0.05, 0.1) is 19.5 Å². The largest absolute Gasteiger partial charge is 0.497 e. The standard InChI is InChI=1S/C52H75N13O10/c1-6-31(4)43(49(71)61-39(27-34-28-55-29-58-34)50(72)65-24-12-17-41(65)47(69)62-40(51(73)74)26-32-13-8-7-9-14-32)64-46(68)38(25-33-18-20-35(75-5)21-19-33)60-48(70)42(30(2)3)63-45(67)37(16-11-23-57-52(53)54)59-44(66)36-15-10-22-56-36/h7-9,13-14,18-21,28-31,36-43,56H,6,10-12,15-17,22-27H2,1-5H3,(H,55,58)(H,59,66)(H,60,70)(H,61,71)(H,62,69)(H,63,67)(H,64,68)(H,73,74)(H4,53,54,57)/t31-,36-,37-,38-,39-,40-,41+,42-,43-/m0/s1. The summed E-state index contributed by atoms with van der Waals surface area (Å²) in [6.45, 7) is 8.03. The van der Waals surface area contributed by atoms with Gasteiger partial charge >= 0.3 is 5.97 Å². The van der Waals surface area contributed by atoms with Crippen LogP contribution in [0.1, 0.15) is 89.5 Å². The summed E-state index contributed by atoms with van der Waals surface area (Å²) in [6, 6.07) is 6.83. The van der Waals surface area contributed by atoms with Crippen molar-refractivity contribution in [2.75, 3.05) is 26.7 Å². The van der Waals surface area contributed by atoms with Gasteiger partial charge < -0.3 is 68.4 Å². The van der Waals surface area contributed by atoms with Gasteiger partial charge in [-0.2, -0.15) is 0 Å². The number of guanidine groups is 1. The molecule has 2 aliphatic rings. The number of imidazole rings is 1. The molecule has 75 heavy (non-hydrogen) atoms. The van der Waals surface area contributed by atoms with Crippen molar-refractivity contribution >= 4 is 53.3 Å². The van der Waals surface area contributed by atoms with Crippen molar-refractivity contribution in [1.29, 1.82) is 0 Å². The summed E-state index contributed by atoms with van der Waals surface area (Å²) in [5, 5.41) is 29.9. The lowest BCUT2D eigenvalue weighted by atomic mass is 9.96. The van der Waals surface area contributed by atoms with Crippen molar-refractivity contribution in [2.45, 2.75) is 140 Å². The Bertz CT molecular complexity index is 2410. The topological polar surface area (TPSA) is 347 Å². The van der Waals surface area contributed by atoms with E-state index in [1.807, 2.05) is 6.92 Å². The third kappa shape index (κ3) is 17.5. The summed E-state index contributed by atoms with van der Waals surface area (Å²) in [6.07, 6.45) is 5.78. The molecule has 408 valence electrons. The van der Waals surface area contributed by atoms with Gasteiger partial charge in [-0.3, -0.25) is 38.6 Å². The number of rotatable bonds is 28. The molecule has 2 aliphatic heterocycles. The molecule has 2 fully saturated rings. The number of nitrogens with zero attached hydrogens (tertiary/aromatic N) is 3. The van der Waals surface area contributed by atoms with Crippen LogP contribution in [-0.4, -0.2) is 148 Å². The number of carbonyl (C=O) groups excluding carboxylic acids is 7. The molecule has 2 saturated heterocycles. The Morgan fingerprint density at radius 1 is 0.760 bits per heavy atom. The average molecular weight is 1040 g/mol. The molecule has 2 aromatic carbocycles. The number of aliphatic carboxylic acids is 1. The minimum Gasteiger partial charge on any atom is -0.497 e. The predicted octanol–water partition coefficient (Wildman–Crippen LogP) is -0.0617. The maximum absolute atomic E-state index is 14.7. The van der Waals surface area contributed by atoms with E-state index in [0.717, 1.165) is 6.42 Å². The number of nitrogens with two attached hydrogens (primary N) is 2. The molecule has 9 atom stereocenters. The van der Waals surface area contributed by atoms with E-state index in [2.05, 4.69) is 52.2 Å². The maximum Gasteiger partial charge on any atom is 0.326 e. The summed E-state index contributed by atoms with van der Waals surface area (Å²) in [5.41, 5.74) is 12.8. The predicted molar refractivity (Wildman–Crippen MR) is 278 cm³/mol. The lowest BCUT2D eigenvalue weighted by Crippen LogP contribution is -2.62. The highest BCUT2D eigenvalue weighted by Crippen LogP contribution is 2.22. The maximum atomic E-state index is 14.7. The van der Waals surface area contributed by atoms with E-state index in [9.17, 15) is 43.5 Å². The molecule has 0 spiro atoms. The number of carbonyl (C=O) groups is 8. The number of hydrogen-bond donors (Lipinski definition) is 11. The number of hydrogen-bond acceptors (Lipinski definition) is 12. The Morgan fingerprint density at radius 2 is 1.40 bits per heavy atom. The minimum atomic E-state index is -1.31. The van der Waals surface area contributed by atoms with E-state index in [0.29, 0.717) is 54.8 Å². The van der Waals surface area contributed by atoms with E-state index in [1.165, 1.54) is 24.5 Å². The van der Waals surface area contributed by atoms with Crippen molar-refractivity contribution in [3.63, 3.8) is 0 Å². The molecule has 7 amide bonds. The van der Waals surface area contributed by atoms with Gasteiger partial charge in [0.2, 0.25) is 41.4 Å². The quantitative estimate of drug-likeness (QED) is 0.0258. The first kappa shape index (κ1) is 58.3. The van der Waals surface area contributed by atoms with Gasteiger partial charge in [-0.05, 0) is 80.2 Å². The number of amides is 7. The lowest BCUT2D eigenvalue weighted by Gasteiger charge is -2.32. The molecule has 3 heterocycles. The second-order valence-electron chi connectivity index (χ2n) is 19.5. The number of carboxylic acids is 1. The van der Waals surface area contributed by atoms with Crippen LogP contribution in [0.25, 0.3) is 0 Å². The third-order valence-electron chi connectivity index (χ3n) is 13.6. The molecule has 0 bridgehead atoms. The summed E-state index contributed by atoms with van der Waals surface area (Å²) < 4.78 is 5.33. The summed E-state index contributed by atoms with van der Waals surface area (Å²) in [7, 11) is 1.51. The van der Waals surface area contributed by atoms with Gasteiger partial charge in [0.15, 0.2) is 5.96 Å². The van der Waals surface area contributed by atoms with E-state index in [4.69, 9.17) is 16.2 Å². The monoisotopic (exact) mass is 1040 g/mol. The number of benzene rings is 2. The Morgan fingerprint density at radius 3 is 2.01 bits per heavy atom. The molecule has 13 N–H and O–H groups in total. The van der Waals surface area contributed by atoms with Gasteiger partial charge in [0, 0.05) is 44.2 Å². The Kier molecular flexibility index (Phi) is 22.4. The first-order valence-corrected chi connectivity index (χ1v) is 25.7. The summed E-state index contributed by atoms with van der Waals surface area (Å²) in [5.74, 6) is -6.22. The molecule has 23 nitrogen and oxygen atoms in total. The molecule has 0 radical (unpaired) electrons. The second kappa shape index (κ2) is 28.8. The lowest BCUT2D eigenvalue weighted by molar-refractivity contribution is -0.145. The van der Waals surface area contributed by atoms with Gasteiger partial charge in [0.25, 0.3) is 0 Å². The molecular weight excluding hydrogens is 967 g/mol. The van der Waals surface area contributed by atoms with Crippen LogP contribution in [0.2, 0.25) is 0 Å². The van der Waals surface area contributed by atoms with Crippen molar-refractivity contribution in [1.82, 2.24) is 52.1 Å². The van der Waals surface area contributed by atoms with Gasteiger partial charge in [-0.1, -0.05) is 76.6 Å². The number of nitrogens with one attached hydrogen (secondary N) is 8. The van der Waals surface area contributed by atoms with Crippen LogP contribution in [-0.2, 0) is 57.6 Å². The number of H-pyrrole nitrogens is 1. The average Bonchev–Trinajstić information content (AvgIpc) is 4.22. The van der Waals surface area contributed by atoms with Gasteiger partial charge in [0.1, 0.15) is 48.0 Å². The zero-order valence-corrected chi connectivity index (χ0v) is 43.4. The van der Waals surface area contributed by atoms with Crippen molar-refractivity contribution in [2.24, 2.45) is 28.3 Å². The molecule has 0 unspecified atom stereocenters. The molecular formula is C52H75N13O10. The number of aromatic nitrogens is 2. The molecule has 23 heteroatoms. The number of likely N-dealkylation sites (tertiary alicyclic amines) is 1. The summed E-state index contributed by atoms with van der Waals surface area (Å²) in [4.78, 5) is 124. The van der Waals surface area contributed by atoms with E-state index >= 15 is 0 Å². The van der Waals surface area contributed by atoms with Crippen LogP contribution in [0.5, 0.6) is 5.75 Å². The smallest absolute Gasteiger partial charge is 0.326 e. The number of aliphatic imine (C=N–C) groups is 1. The van der Waals surface area contributed by atoms with Crippen molar-refractivity contribution in [3.8, 4) is 5.75 Å². The normalized spacial score (nSPS) is 18.0. The number of methoxy groups -OCH3 is 1. The van der Waals surface area contributed by atoms with Crippen LogP contribution in [0, 0.1) is 11.8 Å². The molecule has 1 aromatic heterocycles. The first-order valence-electron chi connectivity index (χ1n) is 25.7. The van der Waals surface area contributed by atoms with Crippen LogP contribution in [0.3, 0.4) is 0 Å². The molecule has 0 saturated carbocycles. The van der Waals surface area contributed by atoms with E-state index in [1.54, 1.807) is 75.4 Å². The highest BCUT2D eigenvalue weighted by atomic mass is 16.5. The molecule has 0 aliphatic carbocycles. The highest BCUT2D eigenvalue weighted by Gasteiger charge is 2.41. The first-order chi connectivity index (χ1) is 35.9. The van der Waals surface area contributed by atoms with Crippen molar-refractivity contribution < 1.29 is 48.2 Å². The summed E-state index contributed by atoms with van der Waals surface area (Å²) >= 11 is 0. The van der Waals surface area contributed by atoms with E-state index in [-0.39, 0.29) is 57.1 Å². The fourth-order valence-corrected chi connectivity index (χ4v) is 9.06. The van der Waals surface area contributed by atoms with Crippen LogP contribution >= 0.6 is 0 Å². The fourth-order valence-electron chi connectivity index (χ4n) is 9.06. The second-order valence-corrected chi connectivity index (χ2v) is 19.5. The zero-order chi connectivity index (χ0) is 54.6. The van der Waals surface area contributed by atoms with Gasteiger partial charge in [-0.25, -0.2) is 9.78 Å². The fraction of sp³-hybridized carbons (Fsp3) is 0.538. The number of carboxylic acid groups (broad SMARTS) is 1. The zero-order valence-electron chi connectivity index (χ0n) is 43.4. The molecule has 3 aromatic rings. The minimum absolute atomic E-state index is 0.0207. The Labute approximate surface area is 437 Å². The van der Waals surface area contributed by atoms with E-state index < -0.39 is 102 Å².